The molecule has 0 aromatic carbocycles. The molecule has 1 aromatic rings. The van der Waals surface area contributed by atoms with E-state index >= 15 is 0 Å². The van der Waals surface area contributed by atoms with Gasteiger partial charge in [0.05, 0.1) is 13.7 Å². The Labute approximate surface area is 102 Å². The van der Waals surface area contributed by atoms with Crippen LogP contribution in [0.5, 0.6) is 5.75 Å². The van der Waals surface area contributed by atoms with E-state index in [1.54, 1.807) is 32.5 Å². The van der Waals surface area contributed by atoms with Gasteiger partial charge in [-0.3, -0.25) is 4.98 Å². The first-order chi connectivity index (χ1) is 8.18. The summed E-state index contributed by atoms with van der Waals surface area (Å²) < 4.78 is 10.3. The van der Waals surface area contributed by atoms with Crippen LogP contribution in [-0.4, -0.2) is 37.5 Å². The normalized spacial score (nSPS) is 14.4. The summed E-state index contributed by atoms with van der Waals surface area (Å²) in [6, 6.07) is 3.53. The molecule has 96 valence electrons. The lowest BCUT2D eigenvalue weighted by Gasteiger charge is -2.27. The first-order valence-corrected chi connectivity index (χ1v) is 5.59. The third-order valence-corrected chi connectivity index (χ3v) is 2.61. The van der Waals surface area contributed by atoms with E-state index in [-0.39, 0.29) is 6.61 Å². The number of aliphatic hydroxyl groups is 1. The van der Waals surface area contributed by atoms with Gasteiger partial charge < -0.3 is 20.3 Å². The highest BCUT2D eigenvalue weighted by molar-refractivity contribution is 5.31. The monoisotopic (exact) mass is 240 g/mol. The van der Waals surface area contributed by atoms with E-state index in [9.17, 15) is 5.11 Å². The zero-order valence-electron chi connectivity index (χ0n) is 10.3. The summed E-state index contributed by atoms with van der Waals surface area (Å²) in [6.45, 7) is 0.682. The molecular weight excluding hydrogens is 220 g/mol. The van der Waals surface area contributed by atoms with Crippen LogP contribution in [0.4, 0.5) is 0 Å². The molecule has 0 amide bonds. The zero-order chi connectivity index (χ0) is 12.7. The van der Waals surface area contributed by atoms with E-state index in [4.69, 9.17) is 15.2 Å². The first-order valence-electron chi connectivity index (χ1n) is 5.59. The summed E-state index contributed by atoms with van der Waals surface area (Å²) in [5.41, 5.74) is 4.82. The number of ether oxygens (including phenoxy) is 2. The van der Waals surface area contributed by atoms with Crippen LogP contribution in [0, 0.1) is 0 Å². The van der Waals surface area contributed by atoms with Crippen LogP contribution in [0.25, 0.3) is 0 Å². The molecule has 0 aliphatic carbocycles. The van der Waals surface area contributed by atoms with E-state index in [1.807, 2.05) is 0 Å². The minimum absolute atomic E-state index is 0.167. The molecule has 0 saturated heterocycles. The van der Waals surface area contributed by atoms with Gasteiger partial charge in [0.25, 0.3) is 0 Å². The second kappa shape index (κ2) is 6.54. The predicted molar refractivity (Wildman–Crippen MR) is 64.9 cm³/mol. The van der Waals surface area contributed by atoms with E-state index in [0.717, 1.165) is 0 Å². The number of nitrogens with zero attached hydrogens (tertiary/aromatic N) is 1. The lowest BCUT2D eigenvalue weighted by Crippen LogP contribution is -2.33. The third-order valence-electron chi connectivity index (χ3n) is 2.61. The van der Waals surface area contributed by atoms with Gasteiger partial charge in [-0.25, -0.2) is 0 Å². The molecule has 0 fully saturated rings. The van der Waals surface area contributed by atoms with Gasteiger partial charge in [0.1, 0.15) is 17.0 Å². The number of hydrogen-bond donors (Lipinski definition) is 2. The fourth-order valence-electron chi connectivity index (χ4n) is 1.80. The molecule has 0 aliphatic rings. The van der Waals surface area contributed by atoms with Crippen LogP contribution in [0.1, 0.15) is 18.5 Å². The number of pyridine rings is 1. The first kappa shape index (κ1) is 13.9. The highest BCUT2D eigenvalue weighted by Crippen LogP contribution is 2.31. The Hall–Kier alpha value is -1.17. The van der Waals surface area contributed by atoms with Gasteiger partial charge >= 0.3 is 0 Å². The molecule has 0 bridgehead atoms. The van der Waals surface area contributed by atoms with E-state index in [0.29, 0.717) is 30.8 Å². The Bertz CT molecular complexity index is 346. The maximum atomic E-state index is 10.6. The van der Waals surface area contributed by atoms with Gasteiger partial charge in [0.15, 0.2) is 0 Å². The molecule has 1 unspecified atom stereocenters. The predicted octanol–water partition coefficient (Wildman–Crippen LogP) is 0.663. The van der Waals surface area contributed by atoms with Gasteiger partial charge in [-0.15, -0.1) is 0 Å². The van der Waals surface area contributed by atoms with Crippen molar-refractivity contribution in [1.82, 2.24) is 4.98 Å². The van der Waals surface area contributed by atoms with Crippen molar-refractivity contribution in [1.29, 1.82) is 0 Å². The fourth-order valence-corrected chi connectivity index (χ4v) is 1.80. The van der Waals surface area contributed by atoms with Crippen LogP contribution in [0.2, 0.25) is 0 Å². The fraction of sp³-hybridized carbons (Fsp3) is 0.583. The van der Waals surface area contributed by atoms with Gasteiger partial charge in [-0.1, -0.05) is 0 Å². The maximum absolute atomic E-state index is 10.6. The van der Waals surface area contributed by atoms with Crippen molar-refractivity contribution in [2.24, 2.45) is 5.73 Å². The maximum Gasteiger partial charge on any atom is 0.143 e. The summed E-state index contributed by atoms with van der Waals surface area (Å²) in [7, 11) is 3.10. The van der Waals surface area contributed by atoms with E-state index < -0.39 is 5.60 Å². The summed E-state index contributed by atoms with van der Waals surface area (Å²) >= 11 is 0. The van der Waals surface area contributed by atoms with Gasteiger partial charge in [-0.05, 0) is 31.5 Å². The lowest BCUT2D eigenvalue weighted by atomic mass is 9.93. The second-order valence-corrected chi connectivity index (χ2v) is 3.91. The number of hydrogen-bond acceptors (Lipinski definition) is 5. The molecule has 5 nitrogen and oxygen atoms in total. The van der Waals surface area contributed by atoms with Crippen molar-refractivity contribution in [3.63, 3.8) is 0 Å². The Morgan fingerprint density at radius 1 is 1.47 bits per heavy atom. The van der Waals surface area contributed by atoms with Crippen LogP contribution in [0.3, 0.4) is 0 Å². The molecule has 0 radical (unpaired) electrons. The van der Waals surface area contributed by atoms with Crippen LogP contribution in [-0.2, 0) is 10.3 Å². The van der Waals surface area contributed by atoms with Gasteiger partial charge in [0.2, 0.25) is 0 Å². The van der Waals surface area contributed by atoms with Crippen molar-refractivity contribution >= 4 is 0 Å². The van der Waals surface area contributed by atoms with Crippen molar-refractivity contribution in [3.8, 4) is 5.75 Å². The Morgan fingerprint density at radius 3 is 2.82 bits per heavy atom. The summed E-state index contributed by atoms with van der Waals surface area (Å²) in [5.74, 6) is 0.559. The third kappa shape index (κ3) is 3.39. The molecule has 3 N–H and O–H groups in total. The average molecular weight is 240 g/mol. The lowest BCUT2D eigenvalue weighted by molar-refractivity contribution is -0.0475. The molecule has 0 spiro atoms. The molecule has 5 heteroatoms. The smallest absolute Gasteiger partial charge is 0.143 e. The number of rotatable bonds is 7. The standard InChI is InChI=1S/C12H20N2O3/c1-16-9-12(15,6-4-7-13)11-10(17-2)5-3-8-14-11/h3,5,8,15H,4,6-7,9,13H2,1-2H3. The summed E-state index contributed by atoms with van der Waals surface area (Å²) in [5, 5.41) is 10.6. The van der Waals surface area contributed by atoms with Crippen LogP contribution < -0.4 is 10.5 Å². The molecule has 0 aliphatic heterocycles. The SMILES string of the molecule is COCC(O)(CCCN)c1ncccc1OC. The minimum Gasteiger partial charge on any atom is -0.495 e. The molecule has 1 heterocycles. The highest BCUT2D eigenvalue weighted by Gasteiger charge is 2.33. The summed E-state index contributed by atoms with van der Waals surface area (Å²) in [6.07, 6.45) is 2.81. The molecule has 1 atom stereocenters. The highest BCUT2D eigenvalue weighted by atomic mass is 16.5. The van der Waals surface area contributed by atoms with E-state index in [2.05, 4.69) is 4.98 Å². The largest absolute Gasteiger partial charge is 0.495 e. The Balaban J connectivity index is 3.02. The zero-order valence-corrected chi connectivity index (χ0v) is 10.3. The van der Waals surface area contributed by atoms with Crippen molar-refractivity contribution < 1.29 is 14.6 Å². The van der Waals surface area contributed by atoms with Gasteiger partial charge in [-0.2, -0.15) is 0 Å². The number of methoxy groups -OCH3 is 2. The van der Waals surface area contributed by atoms with Crippen molar-refractivity contribution in [2.45, 2.75) is 18.4 Å². The van der Waals surface area contributed by atoms with Crippen LogP contribution >= 0.6 is 0 Å². The summed E-state index contributed by atoms with van der Waals surface area (Å²) in [4.78, 5) is 4.20. The Morgan fingerprint density at radius 2 is 2.24 bits per heavy atom. The Kier molecular flexibility index (Phi) is 5.34. The topological polar surface area (TPSA) is 77.6 Å². The van der Waals surface area contributed by atoms with Crippen molar-refractivity contribution in [3.05, 3.63) is 24.0 Å². The minimum atomic E-state index is -1.15. The molecule has 17 heavy (non-hydrogen) atoms. The second-order valence-electron chi connectivity index (χ2n) is 3.91. The van der Waals surface area contributed by atoms with E-state index in [1.165, 1.54) is 0 Å². The van der Waals surface area contributed by atoms with Crippen LogP contribution in [0.15, 0.2) is 18.3 Å². The molecule has 1 aromatic heterocycles. The number of nitrogens with two attached hydrogens (primary N) is 1. The molecule has 1 rings (SSSR count). The average Bonchev–Trinajstić information content (AvgIpc) is 2.36. The van der Waals surface area contributed by atoms with Gasteiger partial charge in [0, 0.05) is 13.3 Å². The number of aromatic nitrogens is 1. The molecular formula is C12H20N2O3. The molecule has 0 saturated carbocycles. The quantitative estimate of drug-likeness (QED) is 0.732. The van der Waals surface area contributed by atoms with Crippen molar-refractivity contribution in [2.75, 3.05) is 27.4 Å².